The summed E-state index contributed by atoms with van der Waals surface area (Å²) >= 11 is 6.26. The lowest BCUT2D eigenvalue weighted by atomic mass is 9.99. The Labute approximate surface area is 182 Å². The van der Waals surface area contributed by atoms with E-state index in [1.54, 1.807) is 48.5 Å². The Kier molecular flexibility index (Phi) is 4.48. The van der Waals surface area contributed by atoms with Gasteiger partial charge in [0.25, 0.3) is 11.7 Å². The van der Waals surface area contributed by atoms with Crippen LogP contribution >= 0.6 is 11.6 Å². The molecule has 156 valence electrons. The van der Waals surface area contributed by atoms with Crippen molar-refractivity contribution < 1.29 is 28.6 Å². The average molecular weight is 438 g/mol. The number of carbonyl (C=O) groups excluding carboxylic acids is 2. The number of benzene rings is 2. The minimum Gasteiger partial charge on any atom is -0.507 e. The first kappa shape index (κ1) is 19.3. The average Bonchev–Trinajstić information content (AvgIpc) is 3.50. The number of ether oxygens (including phenoxy) is 2. The zero-order chi connectivity index (χ0) is 21.7. The van der Waals surface area contributed by atoms with Crippen LogP contribution in [0.4, 0.5) is 5.69 Å². The molecule has 1 aromatic heterocycles. The zero-order valence-electron chi connectivity index (χ0n) is 16.3. The second-order valence-corrected chi connectivity index (χ2v) is 7.59. The third-order valence-electron chi connectivity index (χ3n) is 5.34. The normalized spacial score (nSPS) is 19.3. The smallest absolute Gasteiger partial charge is 0.300 e. The Bertz CT molecular complexity index is 1250. The van der Waals surface area contributed by atoms with E-state index in [9.17, 15) is 14.7 Å². The van der Waals surface area contributed by atoms with E-state index in [4.69, 9.17) is 25.5 Å². The van der Waals surface area contributed by atoms with Crippen molar-refractivity contribution in [3.63, 3.8) is 0 Å². The number of aliphatic hydroxyl groups is 1. The number of nitrogens with zero attached hydrogens (tertiary/aromatic N) is 1. The molecule has 2 aliphatic heterocycles. The number of furan rings is 1. The highest BCUT2D eigenvalue weighted by Crippen LogP contribution is 2.44. The number of hydrogen-bond donors (Lipinski definition) is 1. The molecule has 0 bridgehead atoms. The predicted molar refractivity (Wildman–Crippen MR) is 112 cm³/mol. The highest BCUT2D eigenvalue weighted by molar-refractivity contribution is 6.51. The summed E-state index contributed by atoms with van der Waals surface area (Å²) in [6, 6.07) is 12.2. The van der Waals surface area contributed by atoms with Gasteiger partial charge in [-0.3, -0.25) is 14.5 Å². The Balaban J connectivity index is 1.69. The van der Waals surface area contributed by atoms with Crippen molar-refractivity contribution in [2.45, 2.75) is 13.0 Å². The largest absolute Gasteiger partial charge is 0.507 e. The van der Waals surface area contributed by atoms with Crippen molar-refractivity contribution in [2.24, 2.45) is 0 Å². The Morgan fingerprint density at radius 1 is 1.10 bits per heavy atom. The molecule has 0 saturated carbocycles. The summed E-state index contributed by atoms with van der Waals surface area (Å²) in [7, 11) is 0. The molecule has 2 aliphatic rings. The molecular weight excluding hydrogens is 422 g/mol. The first-order chi connectivity index (χ1) is 15.0. The van der Waals surface area contributed by atoms with Crippen molar-refractivity contribution in [3.8, 4) is 11.5 Å². The summed E-state index contributed by atoms with van der Waals surface area (Å²) < 4.78 is 16.2. The maximum Gasteiger partial charge on any atom is 0.300 e. The molecule has 31 heavy (non-hydrogen) atoms. The predicted octanol–water partition coefficient (Wildman–Crippen LogP) is 4.60. The summed E-state index contributed by atoms with van der Waals surface area (Å²) in [5.41, 5.74) is 1.48. The lowest BCUT2D eigenvalue weighted by Gasteiger charge is -2.23. The monoisotopic (exact) mass is 437 g/mol. The van der Waals surface area contributed by atoms with Gasteiger partial charge < -0.3 is 19.0 Å². The van der Waals surface area contributed by atoms with Crippen LogP contribution in [0.1, 0.15) is 22.9 Å². The first-order valence-corrected chi connectivity index (χ1v) is 9.84. The Morgan fingerprint density at radius 3 is 2.65 bits per heavy atom. The first-order valence-electron chi connectivity index (χ1n) is 9.46. The van der Waals surface area contributed by atoms with E-state index in [2.05, 4.69) is 0 Å². The lowest BCUT2D eigenvalue weighted by Crippen LogP contribution is -2.29. The Morgan fingerprint density at radius 2 is 1.90 bits per heavy atom. The van der Waals surface area contributed by atoms with E-state index in [1.165, 1.54) is 11.2 Å². The van der Waals surface area contributed by atoms with Crippen molar-refractivity contribution in [2.75, 3.05) is 11.7 Å². The molecule has 1 saturated heterocycles. The van der Waals surface area contributed by atoms with Crippen LogP contribution in [-0.4, -0.2) is 23.6 Å². The van der Waals surface area contributed by atoms with Gasteiger partial charge in [0.1, 0.15) is 17.6 Å². The standard InChI is InChI=1S/C23H16ClNO6/c1-12-4-6-14(10-15(12)24)25-20(17-3-2-8-29-17)19(22(27)23(25)28)21(26)13-5-7-16-18(9-13)31-11-30-16/h2-10,20,26H,11H2,1H3/b21-19-. The fraction of sp³-hybridized carbons (Fsp3) is 0.130. The number of ketones is 1. The van der Waals surface area contributed by atoms with Gasteiger partial charge in [-0.1, -0.05) is 17.7 Å². The molecule has 0 radical (unpaired) electrons. The summed E-state index contributed by atoms with van der Waals surface area (Å²) in [5, 5.41) is 11.5. The maximum absolute atomic E-state index is 13.1. The van der Waals surface area contributed by atoms with E-state index in [0.717, 1.165) is 5.56 Å². The number of Topliss-reactive ketones (excluding diaryl/α,β-unsaturated/α-hetero) is 1. The van der Waals surface area contributed by atoms with E-state index < -0.39 is 17.7 Å². The molecule has 0 spiro atoms. The molecular formula is C23H16ClNO6. The second kappa shape index (κ2) is 7.21. The highest BCUT2D eigenvalue weighted by atomic mass is 35.5. The van der Waals surface area contributed by atoms with Crippen molar-refractivity contribution in [1.82, 2.24) is 0 Å². The minimum atomic E-state index is -0.959. The van der Waals surface area contributed by atoms with Gasteiger partial charge in [-0.25, -0.2) is 0 Å². The van der Waals surface area contributed by atoms with Crippen LogP contribution in [0.2, 0.25) is 5.02 Å². The number of aryl methyl sites for hydroxylation is 1. The molecule has 8 heteroatoms. The number of halogens is 1. The number of aliphatic hydroxyl groups excluding tert-OH is 1. The summed E-state index contributed by atoms with van der Waals surface area (Å²) in [6.45, 7) is 1.91. The van der Waals surface area contributed by atoms with Crippen molar-refractivity contribution in [3.05, 3.63) is 82.3 Å². The highest BCUT2D eigenvalue weighted by Gasteiger charge is 2.48. The summed E-state index contributed by atoms with van der Waals surface area (Å²) in [5.74, 6) is -0.638. The molecule has 2 aromatic carbocycles. The van der Waals surface area contributed by atoms with Gasteiger partial charge in [-0.05, 0) is 55.0 Å². The molecule has 1 fully saturated rings. The van der Waals surface area contributed by atoms with Crippen LogP contribution in [-0.2, 0) is 9.59 Å². The van der Waals surface area contributed by atoms with Gasteiger partial charge in [0.2, 0.25) is 6.79 Å². The van der Waals surface area contributed by atoms with Gasteiger partial charge in [0.15, 0.2) is 11.5 Å². The van der Waals surface area contributed by atoms with Crippen LogP contribution in [0.25, 0.3) is 5.76 Å². The van der Waals surface area contributed by atoms with Gasteiger partial charge in [0.05, 0.1) is 11.8 Å². The molecule has 1 amide bonds. The molecule has 3 heterocycles. The van der Waals surface area contributed by atoms with Crippen LogP contribution in [0.15, 0.2) is 64.8 Å². The van der Waals surface area contributed by atoms with E-state index in [1.807, 2.05) is 6.92 Å². The molecule has 1 unspecified atom stereocenters. The molecule has 7 nitrogen and oxygen atoms in total. The third-order valence-corrected chi connectivity index (χ3v) is 5.74. The maximum atomic E-state index is 13.1. The van der Waals surface area contributed by atoms with E-state index >= 15 is 0 Å². The number of rotatable bonds is 3. The molecule has 5 rings (SSSR count). The molecule has 1 atom stereocenters. The minimum absolute atomic E-state index is 0.0739. The third kappa shape index (κ3) is 3.05. The summed E-state index contributed by atoms with van der Waals surface area (Å²) in [4.78, 5) is 27.4. The lowest BCUT2D eigenvalue weighted by molar-refractivity contribution is -0.132. The molecule has 0 aliphatic carbocycles. The van der Waals surface area contributed by atoms with E-state index in [-0.39, 0.29) is 18.1 Å². The molecule has 1 N–H and O–H groups in total. The zero-order valence-corrected chi connectivity index (χ0v) is 17.1. The Hall–Kier alpha value is -3.71. The number of hydrogen-bond acceptors (Lipinski definition) is 6. The van der Waals surface area contributed by atoms with Crippen molar-refractivity contribution in [1.29, 1.82) is 0 Å². The number of anilines is 1. The van der Waals surface area contributed by atoms with Gasteiger partial charge >= 0.3 is 0 Å². The SMILES string of the molecule is Cc1ccc(N2C(=O)C(=O)/C(=C(\O)c3ccc4c(c3)OCO4)C2c2ccco2)cc1Cl. The fourth-order valence-corrected chi connectivity index (χ4v) is 3.92. The van der Waals surface area contributed by atoms with Crippen molar-refractivity contribution >= 4 is 34.7 Å². The molecule has 3 aromatic rings. The topological polar surface area (TPSA) is 89.2 Å². The van der Waals surface area contributed by atoms with Gasteiger partial charge in [-0.15, -0.1) is 0 Å². The quantitative estimate of drug-likeness (QED) is 0.366. The number of fused-ring (bicyclic) bond motifs is 1. The fourth-order valence-electron chi connectivity index (χ4n) is 3.75. The van der Waals surface area contributed by atoms with E-state index in [0.29, 0.717) is 33.5 Å². The number of amides is 1. The van der Waals surface area contributed by atoms with Crippen LogP contribution < -0.4 is 14.4 Å². The van der Waals surface area contributed by atoms with Gasteiger partial charge in [-0.2, -0.15) is 0 Å². The summed E-state index contributed by atoms with van der Waals surface area (Å²) in [6.07, 6.45) is 1.44. The van der Waals surface area contributed by atoms with Crippen LogP contribution in [0.5, 0.6) is 11.5 Å². The van der Waals surface area contributed by atoms with Crippen LogP contribution in [0, 0.1) is 6.92 Å². The van der Waals surface area contributed by atoms with Crippen LogP contribution in [0.3, 0.4) is 0 Å². The second-order valence-electron chi connectivity index (χ2n) is 7.19. The van der Waals surface area contributed by atoms with Gasteiger partial charge in [0, 0.05) is 16.3 Å². The number of carbonyl (C=O) groups is 2.